The third-order valence-corrected chi connectivity index (χ3v) is 2.92. The highest BCUT2D eigenvalue weighted by Gasteiger charge is 2.11. The Morgan fingerprint density at radius 3 is 2.71 bits per heavy atom. The first-order chi connectivity index (χ1) is 8.12. The van der Waals surface area contributed by atoms with Crippen molar-refractivity contribution in [2.24, 2.45) is 0 Å². The maximum absolute atomic E-state index is 13.5. The molecule has 0 aromatic heterocycles. The Kier molecular flexibility index (Phi) is 5.41. The number of rotatable bonds is 5. The molecule has 94 valence electrons. The standard InChI is InChI=1S/C12H15BrFNO2/c1-3-15(12(16)7-13)8-9-4-5-11(17-2)10(14)6-9/h4-6H,3,7-8H2,1-2H3. The fourth-order valence-corrected chi connectivity index (χ4v) is 1.84. The first-order valence-corrected chi connectivity index (χ1v) is 6.40. The lowest BCUT2D eigenvalue weighted by Gasteiger charge is -2.20. The van der Waals surface area contributed by atoms with Crippen molar-refractivity contribution in [3.63, 3.8) is 0 Å². The number of amides is 1. The Balaban J connectivity index is 2.80. The molecule has 5 heteroatoms. The number of hydrogen-bond donors (Lipinski definition) is 0. The summed E-state index contributed by atoms with van der Waals surface area (Å²) in [4.78, 5) is 13.2. The van der Waals surface area contributed by atoms with E-state index in [9.17, 15) is 9.18 Å². The molecule has 0 aliphatic carbocycles. The van der Waals surface area contributed by atoms with Crippen LogP contribution in [0.3, 0.4) is 0 Å². The van der Waals surface area contributed by atoms with Crippen LogP contribution in [0.4, 0.5) is 4.39 Å². The molecule has 1 aromatic carbocycles. The van der Waals surface area contributed by atoms with Crippen LogP contribution in [0, 0.1) is 5.82 Å². The van der Waals surface area contributed by atoms with Gasteiger partial charge in [-0.1, -0.05) is 22.0 Å². The molecular weight excluding hydrogens is 289 g/mol. The van der Waals surface area contributed by atoms with Crippen LogP contribution in [0.5, 0.6) is 5.75 Å². The molecule has 0 saturated heterocycles. The molecule has 0 heterocycles. The molecule has 3 nitrogen and oxygen atoms in total. The third-order valence-electron chi connectivity index (χ3n) is 2.44. The van der Waals surface area contributed by atoms with Gasteiger partial charge in [0, 0.05) is 13.1 Å². The molecule has 0 spiro atoms. The van der Waals surface area contributed by atoms with Crippen molar-refractivity contribution in [1.82, 2.24) is 4.90 Å². The first-order valence-electron chi connectivity index (χ1n) is 5.28. The second-order valence-corrected chi connectivity index (χ2v) is 4.07. The van der Waals surface area contributed by atoms with Gasteiger partial charge < -0.3 is 9.64 Å². The largest absolute Gasteiger partial charge is 0.494 e. The van der Waals surface area contributed by atoms with E-state index in [4.69, 9.17) is 4.74 Å². The van der Waals surface area contributed by atoms with Crippen LogP contribution in [-0.4, -0.2) is 29.8 Å². The van der Waals surface area contributed by atoms with E-state index in [0.29, 0.717) is 13.1 Å². The van der Waals surface area contributed by atoms with Gasteiger partial charge in [-0.3, -0.25) is 4.79 Å². The highest BCUT2D eigenvalue weighted by Crippen LogP contribution is 2.18. The van der Waals surface area contributed by atoms with Gasteiger partial charge >= 0.3 is 0 Å². The van der Waals surface area contributed by atoms with Crippen LogP contribution in [0.15, 0.2) is 18.2 Å². The number of ether oxygens (including phenoxy) is 1. The summed E-state index contributed by atoms with van der Waals surface area (Å²) in [7, 11) is 1.42. The van der Waals surface area contributed by atoms with E-state index in [1.165, 1.54) is 13.2 Å². The van der Waals surface area contributed by atoms with E-state index in [1.807, 2.05) is 6.92 Å². The van der Waals surface area contributed by atoms with E-state index in [-0.39, 0.29) is 17.0 Å². The predicted octanol–water partition coefficient (Wildman–Crippen LogP) is 2.58. The van der Waals surface area contributed by atoms with Gasteiger partial charge in [0.25, 0.3) is 0 Å². The lowest BCUT2D eigenvalue weighted by atomic mass is 10.2. The first kappa shape index (κ1) is 14.0. The number of benzene rings is 1. The number of carbonyl (C=O) groups excluding carboxylic acids is 1. The maximum atomic E-state index is 13.5. The average Bonchev–Trinajstić information content (AvgIpc) is 2.35. The molecule has 0 atom stereocenters. The SMILES string of the molecule is CCN(Cc1ccc(OC)c(F)c1)C(=O)CBr. The zero-order chi connectivity index (χ0) is 12.8. The van der Waals surface area contributed by atoms with Gasteiger partial charge in [0.15, 0.2) is 11.6 Å². The Hall–Kier alpha value is -1.10. The summed E-state index contributed by atoms with van der Waals surface area (Å²) in [5, 5.41) is 0.277. The highest BCUT2D eigenvalue weighted by atomic mass is 79.9. The monoisotopic (exact) mass is 303 g/mol. The predicted molar refractivity (Wildman–Crippen MR) is 67.8 cm³/mol. The minimum atomic E-state index is -0.410. The molecule has 0 aliphatic rings. The topological polar surface area (TPSA) is 29.5 Å². The Morgan fingerprint density at radius 2 is 2.24 bits per heavy atom. The summed E-state index contributed by atoms with van der Waals surface area (Å²) in [6.07, 6.45) is 0. The number of hydrogen-bond acceptors (Lipinski definition) is 2. The minimum absolute atomic E-state index is 0.0104. The lowest BCUT2D eigenvalue weighted by Crippen LogP contribution is -2.31. The molecule has 1 amide bonds. The van der Waals surface area contributed by atoms with Crippen LogP contribution >= 0.6 is 15.9 Å². The molecule has 1 rings (SSSR count). The van der Waals surface area contributed by atoms with Crippen LogP contribution in [0.25, 0.3) is 0 Å². The van der Waals surface area contributed by atoms with Gasteiger partial charge in [-0.25, -0.2) is 4.39 Å². The number of nitrogens with zero attached hydrogens (tertiary/aromatic N) is 1. The molecule has 0 aliphatic heterocycles. The summed E-state index contributed by atoms with van der Waals surface area (Å²) in [5.74, 6) is -0.209. The summed E-state index contributed by atoms with van der Waals surface area (Å²) in [6, 6.07) is 4.71. The summed E-state index contributed by atoms with van der Waals surface area (Å²) >= 11 is 3.12. The number of methoxy groups -OCH3 is 1. The molecule has 0 bridgehead atoms. The van der Waals surface area contributed by atoms with Crippen molar-refractivity contribution in [3.05, 3.63) is 29.6 Å². The Bertz CT molecular complexity index is 398. The molecule has 0 unspecified atom stereocenters. The van der Waals surface area contributed by atoms with Crippen LogP contribution in [0.1, 0.15) is 12.5 Å². The fourth-order valence-electron chi connectivity index (χ4n) is 1.49. The zero-order valence-electron chi connectivity index (χ0n) is 9.87. The molecule has 0 N–H and O–H groups in total. The van der Waals surface area contributed by atoms with Gasteiger partial charge in [-0.2, -0.15) is 0 Å². The van der Waals surface area contributed by atoms with Crippen molar-refractivity contribution in [2.75, 3.05) is 19.0 Å². The molecule has 0 fully saturated rings. The summed E-state index contributed by atoms with van der Waals surface area (Å²) in [6.45, 7) is 2.89. The van der Waals surface area contributed by atoms with Gasteiger partial charge in [-0.15, -0.1) is 0 Å². The van der Waals surface area contributed by atoms with Crippen LogP contribution < -0.4 is 4.74 Å². The maximum Gasteiger partial charge on any atom is 0.233 e. The van der Waals surface area contributed by atoms with Crippen LogP contribution in [-0.2, 0) is 11.3 Å². The second-order valence-electron chi connectivity index (χ2n) is 3.51. The van der Waals surface area contributed by atoms with E-state index < -0.39 is 5.82 Å². The van der Waals surface area contributed by atoms with Crippen LogP contribution in [0.2, 0.25) is 0 Å². The quantitative estimate of drug-likeness (QED) is 0.783. The number of halogens is 2. The van der Waals surface area contributed by atoms with Crippen molar-refractivity contribution in [3.8, 4) is 5.75 Å². The summed E-state index contributed by atoms with van der Waals surface area (Å²) < 4.78 is 18.3. The Labute approximate surface area is 109 Å². The van der Waals surface area contributed by atoms with E-state index in [2.05, 4.69) is 15.9 Å². The number of carbonyl (C=O) groups is 1. The Morgan fingerprint density at radius 1 is 1.53 bits per heavy atom. The number of alkyl halides is 1. The van der Waals surface area contributed by atoms with E-state index in [1.54, 1.807) is 17.0 Å². The van der Waals surface area contributed by atoms with Gasteiger partial charge in [0.05, 0.1) is 12.4 Å². The normalized spacial score (nSPS) is 10.1. The smallest absolute Gasteiger partial charge is 0.233 e. The fraction of sp³-hybridized carbons (Fsp3) is 0.417. The van der Waals surface area contributed by atoms with Crippen molar-refractivity contribution < 1.29 is 13.9 Å². The molecular formula is C12H15BrFNO2. The molecule has 1 aromatic rings. The summed E-state index contributed by atoms with van der Waals surface area (Å²) in [5.41, 5.74) is 0.749. The lowest BCUT2D eigenvalue weighted by molar-refractivity contribution is -0.128. The second kappa shape index (κ2) is 6.59. The third kappa shape index (κ3) is 3.70. The van der Waals surface area contributed by atoms with E-state index in [0.717, 1.165) is 5.56 Å². The average molecular weight is 304 g/mol. The van der Waals surface area contributed by atoms with E-state index >= 15 is 0 Å². The zero-order valence-corrected chi connectivity index (χ0v) is 11.5. The minimum Gasteiger partial charge on any atom is -0.494 e. The van der Waals surface area contributed by atoms with Crippen molar-refractivity contribution in [2.45, 2.75) is 13.5 Å². The van der Waals surface area contributed by atoms with Gasteiger partial charge in [0.1, 0.15) is 0 Å². The molecule has 17 heavy (non-hydrogen) atoms. The molecule has 0 saturated carbocycles. The molecule has 0 radical (unpaired) electrons. The van der Waals surface area contributed by atoms with Crippen molar-refractivity contribution >= 4 is 21.8 Å². The van der Waals surface area contributed by atoms with Gasteiger partial charge in [-0.05, 0) is 24.6 Å². The van der Waals surface area contributed by atoms with Gasteiger partial charge in [0.2, 0.25) is 5.91 Å². The van der Waals surface area contributed by atoms with Crippen molar-refractivity contribution in [1.29, 1.82) is 0 Å². The highest BCUT2D eigenvalue weighted by molar-refractivity contribution is 9.09.